The molecule has 4 heteroatoms. The van der Waals surface area contributed by atoms with Crippen LogP contribution in [0, 0.1) is 12.8 Å². The van der Waals surface area contributed by atoms with Crippen molar-refractivity contribution >= 4 is 5.82 Å². The molecule has 0 amide bonds. The van der Waals surface area contributed by atoms with E-state index in [1.807, 2.05) is 31.5 Å². The molecule has 2 rings (SSSR count). The van der Waals surface area contributed by atoms with Crippen molar-refractivity contribution in [1.82, 2.24) is 15.0 Å². The Morgan fingerprint density at radius 3 is 2.60 bits per heavy atom. The van der Waals surface area contributed by atoms with Crippen LogP contribution in [-0.4, -0.2) is 15.0 Å². The summed E-state index contributed by atoms with van der Waals surface area (Å²) in [5.74, 6) is 2.13. The van der Waals surface area contributed by atoms with Crippen LogP contribution >= 0.6 is 0 Å². The number of hydrogen-bond acceptors (Lipinski definition) is 4. The maximum atomic E-state index is 4.54. The first kappa shape index (κ1) is 14.4. The third-order valence-electron chi connectivity index (χ3n) is 3.33. The molecule has 2 aromatic rings. The monoisotopic (exact) mass is 270 g/mol. The van der Waals surface area contributed by atoms with Crippen LogP contribution in [0.25, 0.3) is 0 Å². The highest BCUT2D eigenvalue weighted by Gasteiger charge is 2.18. The van der Waals surface area contributed by atoms with Gasteiger partial charge in [0.2, 0.25) is 0 Å². The fourth-order valence-corrected chi connectivity index (χ4v) is 2.17. The molecule has 0 unspecified atom stereocenters. The summed E-state index contributed by atoms with van der Waals surface area (Å²) >= 11 is 0. The van der Waals surface area contributed by atoms with E-state index >= 15 is 0 Å². The van der Waals surface area contributed by atoms with Crippen molar-refractivity contribution in [2.24, 2.45) is 5.92 Å². The van der Waals surface area contributed by atoms with Gasteiger partial charge in [0.25, 0.3) is 0 Å². The predicted molar refractivity (Wildman–Crippen MR) is 81.6 cm³/mol. The zero-order valence-corrected chi connectivity index (χ0v) is 12.6. The van der Waals surface area contributed by atoms with E-state index in [0.717, 1.165) is 29.3 Å². The van der Waals surface area contributed by atoms with Gasteiger partial charge in [0.05, 0.1) is 11.7 Å². The average molecular weight is 270 g/mol. The molecule has 0 bridgehead atoms. The smallest absolute Gasteiger partial charge is 0.133 e. The number of hydrogen-bond donors (Lipinski definition) is 1. The number of pyridine rings is 1. The molecule has 0 aliphatic carbocycles. The van der Waals surface area contributed by atoms with Crippen LogP contribution < -0.4 is 5.32 Å². The van der Waals surface area contributed by atoms with E-state index in [9.17, 15) is 0 Å². The first-order valence-electron chi connectivity index (χ1n) is 7.11. The van der Waals surface area contributed by atoms with Crippen LogP contribution in [0.5, 0.6) is 0 Å². The highest BCUT2D eigenvalue weighted by molar-refractivity contribution is 5.45. The summed E-state index contributed by atoms with van der Waals surface area (Å²) in [5, 5.41) is 3.54. The van der Waals surface area contributed by atoms with Crippen LogP contribution in [0.1, 0.15) is 43.9 Å². The Morgan fingerprint density at radius 2 is 2.00 bits per heavy atom. The Hall–Kier alpha value is -1.97. The van der Waals surface area contributed by atoms with Crippen LogP contribution in [-0.2, 0) is 6.42 Å². The average Bonchev–Trinajstić information content (AvgIpc) is 2.45. The summed E-state index contributed by atoms with van der Waals surface area (Å²) in [6.07, 6.45) is 4.65. The third kappa shape index (κ3) is 3.32. The quantitative estimate of drug-likeness (QED) is 0.902. The van der Waals surface area contributed by atoms with Gasteiger partial charge in [-0.25, -0.2) is 9.97 Å². The molecule has 0 radical (unpaired) electrons. The number of aryl methyl sites for hydroxylation is 2. The van der Waals surface area contributed by atoms with Crippen molar-refractivity contribution in [3.63, 3.8) is 0 Å². The number of rotatable bonds is 5. The number of anilines is 1. The van der Waals surface area contributed by atoms with Gasteiger partial charge in [-0.3, -0.25) is 4.98 Å². The van der Waals surface area contributed by atoms with Crippen LogP contribution in [0.3, 0.4) is 0 Å². The Kier molecular flexibility index (Phi) is 4.66. The molecule has 2 aromatic heterocycles. The summed E-state index contributed by atoms with van der Waals surface area (Å²) in [6.45, 7) is 8.40. The highest BCUT2D eigenvalue weighted by atomic mass is 15.1. The highest BCUT2D eigenvalue weighted by Crippen LogP contribution is 2.25. The topological polar surface area (TPSA) is 50.7 Å². The molecular formula is C16H22N4. The molecular weight excluding hydrogens is 248 g/mol. The van der Waals surface area contributed by atoms with E-state index < -0.39 is 0 Å². The third-order valence-corrected chi connectivity index (χ3v) is 3.33. The zero-order valence-electron chi connectivity index (χ0n) is 12.6. The molecule has 4 nitrogen and oxygen atoms in total. The lowest BCUT2D eigenvalue weighted by molar-refractivity contribution is 0.532. The molecule has 0 spiro atoms. The largest absolute Gasteiger partial charge is 0.361 e. The molecule has 106 valence electrons. The number of nitrogens with one attached hydrogen (secondary N) is 1. The predicted octanol–water partition coefficient (Wildman–Crippen LogP) is 3.55. The Balaban J connectivity index is 2.32. The molecule has 0 saturated heterocycles. The molecule has 2 heterocycles. The summed E-state index contributed by atoms with van der Waals surface area (Å²) in [4.78, 5) is 13.3. The van der Waals surface area contributed by atoms with Crippen molar-refractivity contribution in [3.05, 3.63) is 47.7 Å². The minimum Gasteiger partial charge on any atom is -0.361 e. The molecule has 1 N–H and O–H groups in total. The minimum absolute atomic E-state index is 0.149. The number of aromatic nitrogens is 3. The maximum Gasteiger partial charge on any atom is 0.133 e. The lowest BCUT2D eigenvalue weighted by Gasteiger charge is -2.23. The van der Waals surface area contributed by atoms with E-state index in [1.165, 1.54) is 0 Å². The minimum atomic E-state index is 0.149. The zero-order chi connectivity index (χ0) is 14.5. The van der Waals surface area contributed by atoms with Crippen molar-refractivity contribution in [2.45, 2.75) is 40.2 Å². The first-order valence-corrected chi connectivity index (χ1v) is 7.11. The van der Waals surface area contributed by atoms with Gasteiger partial charge in [0, 0.05) is 18.0 Å². The second-order valence-electron chi connectivity index (χ2n) is 5.27. The van der Waals surface area contributed by atoms with Crippen molar-refractivity contribution in [2.75, 3.05) is 5.32 Å². The van der Waals surface area contributed by atoms with Crippen LogP contribution in [0.4, 0.5) is 5.82 Å². The molecule has 0 fully saturated rings. The second kappa shape index (κ2) is 6.46. The van der Waals surface area contributed by atoms with Gasteiger partial charge in [-0.2, -0.15) is 0 Å². The fourth-order valence-electron chi connectivity index (χ4n) is 2.17. The van der Waals surface area contributed by atoms with Crippen molar-refractivity contribution in [3.8, 4) is 0 Å². The van der Waals surface area contributed by atoms with E-state index in [2.05, 4.69) is 47.1 Å². The SMILES string of the molecule is CCc1cnc(C)nc1N[C@H](c1ccccn1)C(C)C. The van der Waals surface area contributed by atoms with E-state index in [4.69, 9.17) is 0 Å². The molecule has 0 aliphatic rings. The van der Waals surface area contributed by atoms with Gasteiger partial charge < -0.3 is 5.32 Å². The molecule has 0 aliphatic heterocycles. The van der Waals surface area contributed by atoms with E-state index in [0.29, 0.717) is 5.92 Å². The standard InChI is InChI=1S/C16H22N4/c1-5-13-10-18-12(4)19-16(13)20-15(11(2)3)14-8-6-7-9-17-14/h6-11,15H,5H2,1-4H3,(H,18,19,20)/t15-/m0/s1. The second-order valence-corrected chi connectivity index (χ2v) is 5.27. The van der Waals surface area contributed by atoms with E-state index in [-0.39, 0.29) is 6.04 Å². The molecule has 0 saturated carbocycles. The van der Waals surface area contributed by atoms with Crippen molar-refractivity contribution in [1.29, 1.82) is 0 Å². The summed E-state index contributed by atoms with van der Waals surface area (Å²) in [7, 11) is 0. The van der Waals surface area contributed by atoms with Gasteiger partial charge in [0.1, 0.15) is 11.6 Å². The fraction of sp³-hybridized carbons (Fsp3) is 0.438. The van der Waals surface area contributed by atoms with Crippen molar-refractivity contribution < 1.29 is 0 Å². The molecule has 0 aromatic carbocycles. The Morgan fingerprint density at radius 1 is 1.20 bits per heavy atom. The molecule has 1 atom stereocenters. The van der Waals surface area contributed by atoms with E-state index in [1.54, 1.807) is 0 Å². The summed E-state index contributed by atoms with van der Waals surface area (Å²) < 4.78 is 0. The molecule has 20 heavy (non-hydrogen) atoms. The Bertz CT molecular complexity index is 552. The maximum absolute atomic E-state index is 4.54. The van der Waals surface area contributed by atoms with Gasteiger partial charge in [-0.05, 0) is 31.4 Å². The van der Waals surface area contributed by atoms with Crippen LogP contribution in [0.2, 0.25) is 0 Å². The van der Waals surface area contributed by atoms with Gasteiger partial charge in [-0.1, -0.05) is 26.8 Å². The normalized spacial score (nSPS) is 12.4. The first-order chi connectivity index (χ1) is 9.61. The number of nitrogens with zero attached hydrogens (tertiary/aromatic N) is 3. The van der Waals surface area contributed by atoms with Crippen LogP contribution in [0.15, 0.2) is 30.6 Å². The van der Waals surface area contributed by atoms with Gasteiger partial charge >= 0.3 is 0 Å². The Labute approximate surface area is 120 Å². The van der Waals surface area contributed by atoms with Gasteiger partial charge in [0.15, 0.2) is 0 Å². The lowest BCUT2D eigenvalue weighted by atomic mass is 10.00. The lowest BCUT2D eigenvalue weighted by Crippen LogP contribution is -2.20. The summed E-state index contributed by atoms with van der Waals surface area (Å²) in [5.41, 5.74) is 2.18. The van der Waals surface area contributed by atoms with Gasteiger partial charge in [-0.15, -0.1) is 0 Å². The summed E-state index contributed by atoms with van der Waals surface area (Å²) in [6, 6.07) is 6.16.